The first kappa shape index (κ1) is 15.3. The summed E-state index contributed by atoms with van der Waals surface area (Å²) in [5, 5.41) is 8.65. The second-order valence-corrected chi connectivity index (χ2v) is 6.82. The van der Waals surface area contributed by atoms with Gasteiger partial charge in [0.1, 0.15) is 0 Å². The standard InChI is InChI=1S/C14H23N3O2S/c1-2-9-16-12-7-10-17(11-8-12)13-3-5-14(6-4-13)20(15,18)19/h3-6,12,16H,2,7-11H2,1H3,(H2,15,18,19). The minimum atomic E-state index is -3.60. The van der Waals surface area contributed by atoms with Gasteiger partial charge >= 0.3 is 0 Å². The molecule has 0 unspecified atom stereocenters. The number of hydrogen-bond acceptors (Lipinski definition) is 4. The van der Waals surface area contributed by atoms with Crippen LogP contribution in [0, 0.1) is 0 Å². The van der Waals surface area contributed by atoms with E-state index >= 15 is 0 Å². The molecule has 1 aliphatic heterocycles. The fraction of sp³-hybridized carbons (Fsp3) is 0.571. The molecule has 1 aromatic carbocycles. The molecule has 0 aliphatic carbocycles. The molecular weight excluding hydrogens is 274 g/mol. The van der Waals surface area contributed by atoms with Gasteiger partial charge < -0.3 is 10.2 Å². The SMILES string of the molecule is CCCNC1CCN(c2ccc(S(N)(=O)=O)cc2)CC1. The maximum absolute atomic E-state index is 11.2. The van der Waals surface area contributed by atoms with Crippen LogP contribution >= 0.6 is 0 Å². The number of hydrogen-bond donors (Lipinski definition) is 2. The van der Waals surface area contributed by atoms with Crippen LogP contribution in [-0.2, 0) is 10.0 Å². The molecule has 0 aromatic heterocycles. The molecular formula is C14H23N3O2S. The van der Waals surface area contributed by atoms with Crippen molar-refractivity contribution in [1.82, 2.24) is 5.32 Å². The molecule has 112 valence electrons. The van der Waals surface area contributed by atoms with Gasteiger partial charge in [0.25, 0.3) is 0 Å². The number of rotatable bonds is 5. The van der Waals surface area contributed by atoms with Gasteiger partial charge in [-0.3, -0.25) is 0 Å². The van der Waals surface area contributed by atoms with E-state index in [4.69, 9.17) is 5.14 Å². The van der Waals surface area contributed by atoms with Crippen LogP contribution in [0.1, 0.15) is 26.2 Å². The Morgan fingerprint density at radius 2 is 1.85 bits per heavy atom. The number of benzene rings is 1. The monoisotopic (exact) mass is 297 g/mol. The van der Waals surface area contributed by atoms with Crippen LogP contribution < -0.4 is 15.4 Å². The smallest absolute Gasteiger partial charge is 0.238 e. The molecule has 1 heterocycles. The lowest BCUT2D eigenvalue weighted by molar-refractivity contribution is 0.416. The van der Waals surface area contributed by atoms with E-state index in [0.29, 0.717) is 6.04 Å². The molecule has 0 amide bonds. The predicted molar refractivity (Wildman–Crippen MR) is 81.3 cm³/mol. The van der Waals surface area contributed by atoms with Crippen molar-refractivity contribution in [2.45, 2.75) is 37.1 Å². The van der Waals surface area contributed by atoms with Gasteiger partial charge in [-0.25, -0.2) is 13.6 Å². The highest BCUT2D eigenvalue weighted by molar-refractivity contribution is 7.89. The third-order valence-corrected chi connectivity index (χ3v) is 4.64. The van der Waals surface area contributed by atoms with Crippen molar-refractivity contribution in [2.75, 3.05) is 24.5 Å². The molecule has 0 atom stereocenters. The molecule has 6 heteroatoms. The van der Waals surface area contributed by atoms with Gasteiger partial charge in [-0.05, 0) is 50.1 Å². The number of piperidine rings is 1. The van der Waals surface area contributed by atoms with Crippen molar-refractivity contribution >= 4 is 15.7 Å². The molecule has 0 bridgehead atoms. The van der Waals surface area contributed by atoms with Gasteiger partial charge in [0.05, 0.1) is 4.90 Å². The zero-order valence-corrected chi connectivity index (χ0v) is 12.7. The lowest BCUT2D eigenvalue weighted by Crippen LogP contribution is -2.42. The Kier molecular flexibility index (Phi) is 5.01. The first-order valence-corrected chi connectivity index (χ1v) is 8.66. The minimum Gasteiger partial charge on any atom is -0.371 e. The summed E-state index contributed by atoms with van der Waals surface area (Å²) >= 11 is 0. The van der Waals surface area contributed by atoms with Gasteiger partial charge in [0.15, 0.2) is 0 Å². The van der Waals surface area contributed by atoms with Crippen molar-refractivity contribution in [3.63, 3.8) is 0 Å². The Morgan fingerprint density at radius 1 is 1.25 bits per heavy atom. The maximum atomic E-state index is 11.2. The van der Waals surface area contributed by atoms with E-state index in [1.165, 1.54) is 0 Å². The summed E-state index contributed by atoms with van der Waals surface area (Å²) in [7, 11) is -3.60. The molecule has 0 saturated carbocycles. The van der Waals surface area contributed by atoms with Gasteiger partial charge in [-0.15, -0.1) is 0 Å². The zero-order valence-electron chi connectivity index (χ0n) is 11.9. The summed E-state index contributed by atoms with van der Waals surface area (Å²) in [4.78, 5) is 2.46. The fourth-order valence-electron chi connectivity index (χ4n) is 2.54. The van der Waals surface area contributed by atoms with Crippen molar-refractivity contribution in [3.05, 3.63) is 24.3 Å². The van der Waals surface area contributed by atoms with Gasteiger partial charge in [-0.2, -0.15) is 0 Å². The molecule has 1 fully saturated rings. The van der Waals surface area contributed by atoms with Gasteiger partial charge in [-0.1, -0.05) is 6.92 Å². The second-order valence-electron chi connectivity index (χ2n) is 5.25. The third kappa shape index (κ3) is 3.94. The highest BCUT2D eigenvalue weighted by Crippen LogP contribution is 2.21. The number of nitrogens with two attached hydrogens (primary N) is 1. The molecule has 3 N–H and O–H groups in total. The summed E-state index contributed by atoms with van der Waals surface area (Å²) in [6.45, 7) is 5.25. The Hall–Kier alpha value is -1.11. The van der Waals surface area contributed by atoms with E-state index in [1.807, 2.05) is 12.1 Å². The van der Waals surface area contributed by atoms with Crippen LogP contribution in [0.4, 0.5) is 5.69 Å². The highest BCUT2D eigenvalue weighted by atomic mass is 32.2. The Morgan fingerprint density at radius 3 is 2.35 bits per heavy atom. The molecule has 1 aliphatic rings. The summed E-state index contributed by atoms with van der Waals surface area (Å²) < 4.78 is 22.4. The quantitative estimate of drug-likeness (QED) is 0.859. The summed E-state index contributed by atoms with van der Waals surface area (Å²) in [6, 6.07) is 7.42. The number of anilines is 1. The van der Waals surface area contributed by atoms with Crippen molar-refractivity contribution in [2.24, 2.45) is 5.14 Å². The molecule has 0 spiro atoms. The lowest BCUT2D eigenvalue weighted by atomic mass is 10.0. The summed E-state index contributed by atoms with van der Waals surface area (Å²) in [5.74, 6) is 0. The number of nitrogens with one attached hydrogen (secondary N) is 1. The second kappa shape index (κ2) is 6.56. The van der Waals surface area contributed by atoms with E-state index in [9.17, 15) is 8.42 Å². The van der Waals surface area contributed by atoms with Crippen molar-refractivity contribution < 1.29 is 8.42 Å². The van der Waals surface area contributed by atoms with Crippen LogP contribution in [0.2, 0.25) is 0 Å². The van der Waals surface area contributed by atoms with Gasteiger partial charge in [0, 0.05) is 24.8 Å². The number of sulfonamides is 1. The Labute approximate surface area is 121 Å². The van der Waals surface area contributed by atoms with Gasteiger partial charge in [0.2, 0.25) is 10.0 Å². The van der Waals surface area contributed by atoms with Crippen molar-refractivity contribution in [1.29, 1.82) is 0 Å². The van der Waals surface area contributed by atoms with E-state index in [2.05, 4.69) is 17.1 Å². The number of primary sulfonamides is 1. The molecule has 0 radical (unpaired) electrons. The molecule has 1 saturated heterocycles. The van der Waals surface area contributed by atoms with Crippen LogP contribution in [0.5, 0.6) is 0 Å². The lowest BCUT2D eigenvalue weighted by Gasteiger charge is -2.34. The summed E-state index contributed by atoms with van der Waals surface area (Å²) in [5.41, 5.74) is 1.06. The number of nitrogens with zero attached hydrogens (tertiary/aromatic N) is 1. The largest absolute Gasteiger partial charge is 0.371 e. The van der Waals surface area contributed by atoms with Crippen LogP contribution in [0.3, 0.4) is 0 Å². The van der Waals surface area contributed by atoms with Crippen LogP contribution in [0.15, 0.2) is 29.2 Å². The fourth-order valence-corrected chi connectivity index (χ4v) is 3.05. The minimum absolute atomic E-state index is 0.167. The average molecular weight is 297 g/mol. The Bertz CT molecular complexity index is 520. The first-order valence-electron chi connectivity index (χ1n) is 7.12. The van der Waals surface area contributed by atoms with E-state index < -0.39 is 10.0 Å². The zero-order chi connectivity index (χ0) is 14.6. The van der Waals surface area contributed by atoms with E-state index in [0.717, 1.165) is 44.6 Å². The normalized spacial score (nSPS) is 17.4. The molecule has 5 nitrogen and oxygen atoms in total. The molecule has 1 aromatic rings. The average Bonchev–Trinajstić information content (AvgIpc) is 2.45. The van der Waals surface area contributed by atoms with E-state index in [-0.39, 0.29) is 4.90 Å². The third-order valence-electron chi connectivity index (χ3n) is 3.71. The first-order chi connectivity index (χ1) is 9.50. The molecule has 2 rings (SSSR count). The molecule has 20 heavy (non-hydrogen) atoms. The topological polar surface area (TPSA) is 75.4 Å². The summed E-state index contributed by atoms with van der Waals surface area (Å²) in [6.07, 6.45) is 3.41. The Balaban J connectivity index is 1.94. The maximum Gasteiger partial charge on any atom is 0.238 e. The predicted octanol–water partition coefficient (Wildman–Crippen LogP) is 1.30. The van der Waals surface area contributed by atoms with Crippen LogP contribution in [0.25, 0.3) is 0 Å². The highest BCUT2D eigenvalue weighted by Gasteiger charge is 2.19. The van der Waals surface area contributed by atoms with Crippen molar-refractivity contribution in [3.8, 4) is 0 Å². The van der Waals surface area contributed by atoms with E-state index in [1.54, 1.807) is 12.1 Å². The van der Waals surface area contributed by atoms with Crippen LogP contribution in [-0.4, -0.2) is 34.1 Å².